The van der Waals surface area contributed by atoms with Crippen LogP contribution in [0.5, 0.6) is 0 Å². The van der Waals surface area contributed by atoms with Crippen molar-refractivity contribution in [3.05, 3.63) is 17.0 Å². The lowest BCUT2D eigenvalue weighted by molar-refractivity contribution is 0.0248. The first kappa shape index (κ1) is 14.6. The molecule has 2 aliphatic heterocycles. The molecule has 5 nitrogen and oxygen atoms in total. The van der Waals surface area contributed by atoms with Crippen molar-refractivity contribution in [1.82, 2.24) is 20.4 Å². The van der Waals surface area contributed by atoms with Crippen LogP contribution < -0.4 is 5.32 Å². The van der Waals surface area contributed by atoms with Gasteiger partial charge < -0.3 is 10.2 Å². The van der Waals surface area contributed by atoms with E-state index in [1.54, 1.807) is 0 Å². The number of fused-ring (bicyclic) bond motifs is 1. The van der Waals surface area contributed by atoms with Gasteiger partial charge >= 0.3 is 0 Å². The van der Waals surface area contributed by atoms with E-state index < -0.39 is 0 Å². The highest BCUT2D eigenvalue weighted by atomic mass is 16.2. The van der Waals surface area contributed by atoms with Crippen LogP contribution >= 0.6 is 0 Å². The van der Waals surface area contributed by atoms with E-state index in [4.69, 9.17) is 0 Å². The lowest BCUT2D eigenvalue weighted by Crippen LogP contribution is -2.65. The summed E-state index contributed by atoms with van der Waals surface area (Å²) in [5.41, 5.74) is 2.77. The molecule has 21 heavy (non-hydrogen) atoms. The fourth-order valence-corrected chi connectivity index (χ4v) is 4.00. The van der Waals surface area contributed by atoms with Gasteiger partial charge in [0.1, 0.15) is 0 Å². The Morgan fingerprint density at radius 2 is 2.29 bits per heavy atom. The maximum atomic E-state index is 13.0. The van der Waals surface area contributed by atoms with Crippen molar-refractivity contribution >= 4 is 5.91 Å². The third-order valence-corrected chi connectivity index (χ3v) is 5.32. The zero-order valence-corrected chi connectivity index (χ0v) is 13.3. The second kappa shape index (κ2) is 5.44. The Kier molecular flexibility index (Phi) is 3.78. The zero-order valence-electron chi connectivity index (χ0n) is 13.3. The van der Waals surface area contributed by atoms with Crippen molar-refractivity contribution in [3.63, 3.8) is 0 Å². The monoisotopic (exact) mass is 290 g/mol. The van der Waals surface area contributed by atoms with Crippen LogP contribution in [0.2, 0.25) is 0 Å². The van der Waals surface area contributed by atoms with Crippen LogP contribution in [0.1, 0.15) is 61.3 Å². The topological polar surface area (TPSA) is 61.0 Å². The van der Waals surface area contributed by atoms with Gasteiger partial charge in [-0.15, -0.1) is 0 Å². The molecular weight excluding hydrogens is 264 g/mol. The number of likely N-dealkylation sites (tertiary alicyclic amines) is 1. The number of hydrogen-bond acceptors (Lipinski definition) is 3. The molecule has 0 radical (unpaired) electrons. The fourth-order valence-electron chi connectivity index (χ4n) is 4.00. The highest BCUT2D eigenvalue weighted by Gasteiger charge is 2.44. The van der Waals surface area contributed by atoms with Gasteiger partial charge in [0, 0.05) is 29.4 Å². The van der Waals surface area contributed by atoms with Crippen molar-refractivity contribution in [3.8, 4) is 0 Å². The molecule has 1 aromatic heterocycles. The summed E-state index contributed by atoms with van der Waals surface area (Å²) in [7, 11) is 0. The zero-order chi connectivity index (χ0) is 15.0. The van der Waals surface area contributed by atoms with E-state index in [0.29, 0.717) is 11.7 Å². The Hall–Kier alpha value is -1.36. The summed E-state index contributed by atoms with van der Waals surface area (Å²) >= 11 is 0. The van der Waals surface area contributed by atoms with Crippen LogP contribution in [-0.2, 0) is 6.42 Å². The number of aromatic nitrogens is 2. The molecule has 0 saturated carbocycles. The standard InChI is InChI=1S/C16H26N4O/c1-4-12-11(2)14(19-18-12)15(21)20-10-6-8-16(3)13(20)7-5-9-17-16/h13,17H,4-10H2,1-3H3,(H,18,19)/t13-,16+/m1/s1. The van der Waals surface area contributed by atoms with Crippen LogP contribution in [0.25, 0.3) is 0 Å². The first-order valence-electron chi connectivity index (χ1n) is 8.16. The summed E-state index contributed by atoms with van der Waals surface area (Å²) in [4.78, 5) is 15.0. The molecule has 116 valence electrons. The number of carbonyl (C=O) groups excluding carboxylic acids is 1. The fraction of sp³-hybridized carbons (Fsp3) is 0.750. The first-order valence-corrected chi connectivity index (χ1v) is 8.16. The number of rotatable bonds is 2. The van der Waals surface area contributed by atoms with Gasteiger partial charge in [-0.2, -0.15) is 5.10 Å². The third-order valence-electron chi connectivity index (χ3n) is 5.32. The maximum absolute atomic E-state index is 13.0. The van der Waals surface area contributed by atoms with E-state index in [0.717, 1.165) is 56.5 Å². The minimum Gasteiger partial charge on any atom is -0.332 e. The Morgan fingerprint density at radius 3 is 3.00 bits per heavy atom. The van der Waals surface area contributed by atoms with E-state index in [-0.39, 0.29) is 11.4 Å². The number of piperidine rings is 2. The Balaban J connectivity index is 1.87. The molecule has 2 fully saturated rings. The van der Waals surface area contributed by atoms with Crippen LogP contribution in [0.4, 0.5) is 0 Å². The highest BCUT2D eigenvalue weighted by Crippen LogP contribution is 2.34. The van der Waals surface area contributed by atoms with Crippen LogP contribution in [0, 0.1) is 6.92 Å². The Morgan fingerprint density at radius 1 is 1.48 bits per heavy atom. The van der Waals surface area contributed by atoms with Gasteiger partial charge in [-0.05, 0) is 52.5 Å². The van der Waals surface area contributed by atoms with E-state index in [2.05, 4.69) is 34.3 Å². The second-order valence-corrected chi connectivity index (χ2v) is 6.63. The summed E-state index contributed by atoms with van der Waals surface area (Å²) in [6, 6.07) is 0.300. The van der Waals surface area contributed by atoms with Gasteiger partial charge in [-0.25, -0.2) is 0 Å². The van der Waals surface area contributed by atoms with Crippen molar-refractivity contribution in [2.45, 2.75) is 64.5 Å². The molecule has 3 rings (SSSR count). The van der Waals surface area contributed by atoms with Crippen molar-refractivity contribution in [2.75, 3.05) is 13.1 Å². The maximum Gasteiger partial charge on any atom is 0.274 e. The average Bonchev–Trinajstić information content (AvgIpc) is 2.86. The van der Waals surface area contributed by atoms with Gasteiger partial charge in [0.2, 0.25) is 0 Å². The van der Waals surface area contributed by atoms with Crippen molar-refractivity contribution in [2.24, 2.45) is 0 Å². The molecule has 2 aliphatic rings. The van der Waals surface area contributed by atoms with Gasteiger partial charge in [-0.1, -0.05) is 6.92 Å². The number of aryl methyl sites for hydroxylation is 1. The summed E-state index contributed by atoms with van der Waals surface area (Å²) in [5, 5.41) is 10.9. The molecule has 2 N–H and O–H groups in total. The predicted molar refractivity (Wildman–Crippen MR) is 82.4 cm³/mol. The molecule has 0 aliphatic carbocycles. The second-order valence-electron chi connectivity index (χ2n) is 6.63. The van der Waals surface area contributed by atoms with Crippen molar-refractivity contribution in [1.29, 1.82) is 0 Å². The van der Waals surface area contributed by atoms with E-state index in [9.17, 15) is 4.79 Å². The molecule has 5 heteroatoms. The highest BCUT2D eigenvalue weighted by molar-refractivity contribution is 5.94. The molecule has 1 amide bonds. The minimum absolute atomic E-state index is 0.0734. The van der Waals surface area contributed by atoms with Gasteiger partial charge in [0.15, 0.2) is 5.69 Å². The molecule has 2 saturated heterocycles. The number of H-pyrrole nitrogens is 1. The molecule has 0 aromatic carbocycles. The van der Waals surface area contributed by atoms with E-state index in [1.165, 1.54) is 0 Å². The number of aromatic amines is 1. The van der Waals surface area contributed by atoms with E-state index in [1.807, 2.05) is 6.92 Å². The van der Waals surface area contributed by atoms with Gasteiger partial charge in [0.25, 0.3) is 5.91 Å². The molecule has 1 aromatic rings. The summed E-state index contributed by atoms with van der Waals surface area (Å²) in [5.74, 6) is 0.100. The molecule has 0 unspecified atom stereocenters. The summed E-state index contributed by atoms with van der Waals surface area (Å²) < 4.78 is 0. The number of hydrogen-bond donors (Lipinski definition) is 2. The third kappa shape index (κ3) is 2.37. The molecule has 0 bridgehead atoms. The predicted octanol–water partition coefficient (Wildman–Crippen LogP) is 2.03. The normalized spacial score (nSPS) is 29.3. The summed E-state index contributed by atoms with van der Waals surface area (Å²) in [6.07, 6.45) is 5.34. The summed E-state index contributed by atoms with van der Waals surface area (Å²) in [6.45, 7) is 8.27. The quantitative estimate of drug-likeness (QED) is 0.876. The smallest absolute Gasteiger partial charge is 0.274 e. The first-order chi connectivity index (χ1) is 10.1. The number of carbonyl (C=O) groups is 1. The van der Waals surface area contributed by atoms with Crippen molar-refractivity contribution < 1.29 is 4.79 Å². The Bertz CT molecular complexity index is 534. The largest absolute Gasteiger partial charge is 0.332 e. The van der Waals surface area contributed by atoms with Crippen LogP contribution in [-0.4, -0.2) is 45.7 Å². The average molecular weight is 290 g/mol. The Labute approximate surface area is 126 Å². The van der Waals surface area contributed by atoms with Gasteiger partial charge in [0.05, 0.1) is 0 Å². The molecule has 3 heterocycles. The molecular formula is C16H26N4O. The minimum atomic E-state index is 0.0734. The number of nitrogens with one attached hydrogen (secondary N) is 2. The lowest BCUT2D eigenvalue weighted by Gasteiger charge is -2.51. The van der Waals surface area contributed by atoms with Crippen LogP contribution in [0.3, 0.4) is 0 Å². The lowest BCUT2D eigenvalue weighted by atomic mass is 9.77. The van der Waals surface area contributed by atoms with E-state index >= 15 is 0 Å². The molecule has 0 spiro atoms. The van der Waals surface area contributed by atoms with Crippen LogP contribution in [0.15, 0.2) is 0 Å². The number of nitrogens with zero attached hydrogens (tertiary/aromatic N) is 2. The van der Waals surface area contributed by atoms with Gasteiger partial charge in [-0.3, -0.25) is 9.89 Å². The number of amides is 1. The molecule has 2 atom stereocenters. The SMILES string of the molecule is CCc1[nH]nc(C(=O)N2CCC[C@]3(C)NCCC[C@@H]23)c1C.